The Hall–Kier alpha value is -0.650. The van der Waals surface area contributed by atoms with Crippen molar-refractivity contribution >= 4 is 5.97 Å². The summed E-state index contributed by atoms with van der Waals surface area (Å²) in [6.07, 6.45) is 3.78. The second-order valence-electron chi connectivity index (χ2n) is 6.39. The molecule has 2 saturated heterocycles. The maximum absolute atomic E-state index is 11.8. The molecule has 2 atom stereocenters. The fraction of sp³-hybridized carbons (Fsp3) is 0.933. The third kappa shape index (κ3) is 3.51. The minimum atomic E-state index is -0.700. The van der Waals surface area contributed by atoms with E-state index in [1.165, 1.54) is 0 Å². The number of nitrogens with zero attached hydrogens (tertiary/aromatic N) is 2. The van der Waals surface area contributed by atoms with Gasteiger partial charge in [0.25, 0.3) is 0 Å². The van der Waals surface area contributed by atoms with E-state index in [1.807, 2.05) is 0 Å². The first-order chi connectivity index (χ1) is 9.57. The molecule has 20 heavy (non-hydrogen) atoms. The van der Waals surface area contributed by atoms with Crippen molar-refractivity contribution in [3.8, 4) is 0 Å². The lowest BCUT2D eigenvalue weighted by atomic mass is 9.81. The summed E-state index contributed by atoms with van der Waals surface area (Å²) in [6.45, 7) is 7.03. The highest BCUT2D eigenvalue weighted by Gasteiger charge is 2.43. The number of rotatable bonds is 4. The quantitative estimate of drug-likeness (QED) is 0.843. The zero-order valence-corrected chi connectivity index (χ0v) is 12.8. The van der Waals surface area contributed by atoms with Crippen LogP contribution in [0, 0.1) is 5.41 Å². The molecule has 0 aromatic carbocycles. The molecule has 116 valence electrons. The average molecular weight is 284 g/mol. The third-order valence-corrected chi connectivity index (χ3v) is 4.78. The van der Waals surface area contributed by atoms with E-state index in [2.05, 4.69) is 23.8 Å². The van der Waals surface area contributed by atoms with E-state index < -0.39 is 11.4 Å². The van der Waals surface area contributed by atoms with Crippen molar-refractivity contribution in [2.24, 2.45) is 5.41 Å². The molecule has 2 heterocycles. The summed E-state index contributed by atoms with van der Waals surface area (Å²) in [5.74, 6) is -0.690. The SMILES string of the molecule is CCC1CN(C)CCCN1CC1(C(=O)O)CCCOC1. The van der Waals surface area contributed by atoms with Gasteiger partial charge in [0.1, 0.15) is 5.41 Å². The molecule has 0 aromatic rings. The van der Waals surface area contributed by atoms with Gasteiger partial charge in [-0.05, 0) is 45.8 Å². The van der Waals surface area contributed by atoms with E-state index in [1.54, 1.807) is 0 Å². The topological polar surface area (TPSA) is 53.0 Å². The maximum Gasteiger partial charge on any atom is 0.313 e. The molecule has 5 heteroatoms. The van der Waals surface area contributed by atoms with Gasteiger partial charge in [0.15, 0.2) is 0 Å². The third-order valence-electron chi connectivity index (χ3n) is 4.78. The minimum Gasteiger partial charge on any atom is -0.481 e. The van der Waals surface area contributed by atoms with Crippen molar-refractivity contribution < 1.29 is 14.6 Å². The molecule has 0 aromatic heterocycles. The van der Waals surface area contributed by atoms with Gasteiger partial charge < -0.3 is 14.7 Å². The van der Waals surface area contributed by atoms with E-state index in [4.69, 9.17) is 4.74 Å². The molecule has 2 fully saturated rings. The molecule has 2 aliphatic heterocycles. The van der Waals surface area contributed by atoms with Crippen molar-refractivity contribution in [2.75, 3.05) is 46.4 Å². The summed E-state index contributed by atoms with van der Waals surface area (Å²) in [4.78, 5) is 16.5. The Morgan fingerprint density at radius 3 is 2.80 bits per heavy atom. The highest BCUT2D eigenvalue weighted by Crippen LogP contribution is 2.31. The van der Waals surface area contributed by atoms with Gasteiger partial charge in [-0.2, -0.15) is 0 Å². The fourth-order valence-electron chi connectivity index (χ4n) is 3.49. The summed E-state index contributed by atoms with van der Waals surface area (Å²) in [6, 6.07) is 0.459. The monoisotopic (exact) mass is 284 g/mol. The lowest BCUT2D eigenvalue weighted by molar-refractivity contribution is -0.160. The Morgan fingerprint density at radius 1 is 1.40 bits per heavy atom. The minimum absolute atomic E-state index is 0.366. The number of hydrogen-bond acceptors (Lipinski definition) is 4. The van der Waals surface area contributed by atoms with Crippen LogP contribution in [0.5, 0.6) is 0 Å². The Morgan fingerprint density at radius 2 is 2.20 bits per heavy atom. The van der Waals surface area contributed by atoms with Crippen LogP contribution >= 0.6 is 0 Å². The average Bonchev–Trinajstić information content (AvgIpc) is 2.61. The predicted octanol–water partition coefficient (Wildman–Crippen LogP) is 1.28. The van der Waals surface area contributed by atoms with Crippen molar-refractivity contribution in [1.82, 2.24) is 9.80 Å². The highest BCUT2D eigenvalue weighted by molar-refractivity contribution is 5.75. The van der Waals surface area contributed by atoms with Gasteiger partial charge in [-0.15, -0.1) is 0 Å². The Kier molecular flexibility index (Phi) is 5.41. The predicted molar refractivity (Wildman–Crippen MR) is 77.9 cm³/mol. The van der Waals surface area contributed by atoms with E-state index in [0.717, 1.165) is 45.3 Å². The Labute approximate surface area is 121 Å². The molecule has 0 amide bonds. The summed E-state index contributed by atoms with van der Waals surface area (Å²) < 4.78 is 5.49. The largest absolute Gasteiger partial charge is 0.481 e. The van der Waals surface area contributed by atoms with Crippen LogP contribution in [0.2, 0.25) is 0 Å². The zero-order valence-electron chi connectivity index (χ0n) is 12.8. The molecule has 0 radical (unpaired) electrons. The molecule has 0 spiro atoms. The van der Waals surface area contributed by atoms with Crippen LogP contribution in [0.4, 0.5) is 0 Å². The second-order valence-corrected chi connectivity index (χ2v) is 6.39. The number of carbonyl (C=O) groups is 1. The van der Waals surface area contributed by atoms with Crippen molar-refractivity contribution in [1.29, 1.82) is 0 Å². The van der Waals surface area contributed by atoms with E-state index >= 15 is 0 Å². The lowest BCUT2D eigenvalue weighted by Gasteiger charge is -2.40. The van der Waals surface area contributed by atoms with Crippen LogP contribution in [0.15, 0.2) is 0 Å². The van der Waals surface area contributed by atoms with Crippen molar-refractivity contribution in [2.45, 2.75) is 38.6 Å². The normalized spacial score (nSPS) is 33.8. The molecular formula is C15H28N2O3. The summed E-state index contributed by atoms with van der Waals surface area (Å²) in [5.41, 5.74) is -0.700. The number of likely N-dealkylation sites (N-methyl/N-ethyl adjacent to an activating group) is 1. The van der Waals surface area contributed by atoms with E-state index in [9.17, 15) is 9.90 Å². The van der Waals surface area contributed by atoms with Crippen LogP contribution in [0.3, 0.4) is 0 Å². The summed E-state index contributed by atoms with van der Waals surface area (Å²) in [7, 11) is 2.16. The van der Waals surface area contributed by atoms with Gasteiger partial charge in [-0.3, -0.25) is 9.69 Å². The number of ether oxygens (including phenoxy) is 1. The van der Waals surface area contributed by atoms with Gasteiger partial charge in [0.05, 0.1) is 6.61 Å². The molecule has 0 aliphatic carbocycles. The van der Waals surface area contributed by atoms with E-state index in [0.29, 0.717) is 25.8 Å². The first-order valence-corrected chi connectivity index (χ1v) is 7.81. The number of carboxylic acids is 1. The second kappa shape index (κ2) is 6.87. The molecule has 1 N–H and O–H groups in total. The Balaban J connectivity index is 2.09. The summed E-state index contributed by atoms with van der Waals surface area (Å²) >= 11 is 0. The molecule has 0 saturated carbocycles. The maximum atomic E-state index is 11.8. The van der Waals surface area contributed by atoms with Crippen LogP contribution in [0.1, 0.15) is 32.6 Å². The van der Waals surface area contributed by atoms with Gasteiger partial charge in [0, 0.05) is 25.7 Å². The lowest BCUT2D eigenvalue weighted by Crippen LogP contribution is -2.52. The van der Waals surface area contributed by atoms with Gasteiger partial charge in [-0.1, -0.05) is 6.92 Å². The smallest absolute Gasteiger partial charge is 0.313 e. The van der Waals surface area contributed by atoms with Crippen LogP contribution in [-0.4, -0.2) is 73.4 Å². The molecule has 0 bridgehead atoms. The van der Waals surface area contributed by atoms with Crippen molar-refractivity contribution in [3.63, 3.8) is 0 Å². The summed E-state index contributed by atoms with van der Waals surface area (Å²) in [5, 5.41) is 9.68. The van der Waals surface area contributed by atoms with Gasteiger partial charge in [-0.25, -0.2) is 0 Å². The first-order valence-electron chi connectivity index (χ1n) is 7.81. The van der Waals surface area contributed by atoms with E-state index in [-0.39, 0.29) is 0 Å². The number of aliphatic carboxylic acids is 1. The fourth-order valence-corrected chi connectivity index (χ4v) is 3.49. The van der Waals surface area contributed by atoms with Crippen molar-refractivity contribution in [3.05, 3.63) is 0 Å². The van der Waals surface area contributed by atoms with Crippen LogP contribution < -0.4 is 0 Å². The number of hydrogen-bond donors (Lipinski definition) is 1. The first kappa shape index (κ1) is 15.7. The molecule has 2 aliphatic rings. The van der Waals surface area contributed by atoms with Crippen LogP contribution in [0.25, 0.3) is 0 Å². The molecule has 2 unspecified atom stereocenters. The standard InChI is InChI=1S/C15H28N2O3/c1-3-13-10-16(2)7-5-8-17(13)11-15(14(18)19)6-4-9-20-12-15/h13H,3-12H2,1-2H3,(H,18,19). The molecule has 5 nitrogen and oxygen atoms in total. The van der Waals surface area contributed by atoms with Gasteiger partial charge in [0.2, 0.25) is 0 Å². The Bertz CT molecular complexity index is 329. The molecule has 2 rings (SSSR count). The molecular weight excluding hydrogens is 256 g/mol. The highest BCUT2D eigenvalue weighted by atomic mass is 16.5. The van der Waals surface area contributed by atoms with Gasteiger partial charge >= 0.3 is 5.97 Å². The van der Waals surface area contributed by atoms with Crippen LogP contribution in [-0.2, 0) is 9.53 Å². The number of carboxylic acid groups (broad SMARTS) is 1. The zero-order chi connectivity index (χ0) is 14.6.